The third-order valence-corrected chi connectivity index (χ3v) is 5.48. The number of benzene rings is 1. The molecule has 1 aromatic rings. The molecule has 1 aromatic carbocycles. The average Bonchev–Trinajstić information content (AvgIpc) is 2.81. The molecule has 1 aliphatic rings. The van der Waals surface area contributed by atoms with Gasteiger partial charge in [-0.1, -0.05) is 45.1 Å². The first-order valence-corrected chi connectivity index (χ1v) is 10.3. The number of rotatable bonds is 9. The second-order valence-corrected chi connectivity index (χ2v) is 8.20. The molecule has 0 bridgehead atoms. The Hall–Kier alpha value is -1.89. The Morgan fingerprint density at radius 3 is 2.59 bits per heavy atom. The smallest absolute Gasteiger partial charge is 0.323 e. The summed E-state index contributed by atoms with van der Waals surface area (Å²) in [4.78, 5) is 38.3. The number of nitrogens with zero attached hydrogens (tertiary/aromatic N) is 1. The highest BCUT2D eigenvalue weighted by atomic mass is 79.9. The van der Waals surface area contributed by atoms with Gasteiger partial charge in [0.1, 0.15) is 12.1 Å². The third kappa shape index (κ3) is 5.54. The number of urea groups is 1. The van der Waals surface area contributed by atoms with Crippen LogP contribution in [0.5, 0.6) is 0 Å². The summed E-state index contributed by atoms with van der Waals surface area (Å²) >= 11 is 3.40. The van der Waals surface area contributed by atoms with E-state index in [0.717, 1.165) is 40.6 Å². The maximum atomic E-state index is 12.7. The summed E-state index contributed by atoms with van der Waals surface area (Å²) in [5.41, 5.74) is 0.744. The Labute approximate surface area is 169 Å². The van der Waals surface area contributed by atoms with Crippen LogP contribution in [0.4, 0.5) is 10.5 Å². The van der Waals surface area contributed by atoms with Crippen LogP contribution in [0.2, 0.25) is 0 Å². The molecule has 0 saturated carbocycles. The number of hydrogen-bond donors (Lipinski definition) is 2. The summed E-state index contributed by atoms with van der Waals surface area (Å²) in [6, 6.07) is 5.04. The second-order valence-electron chi connectivity index (χ2n) is 7.35. The molecule has 0 aromatic heterocycles. The van der Waals surface area contributed by atoms with Crippen LogP contribution in [-0.4, -0.2) is 34.8 Å². The van der Waals surface area contributed by atoms with Crippen molar-refractivity contribution in [3.63, 3.8) is 0 Å². The van der Waals surface area contributed by atoms with Gasteiger partial charge in [-0.2, -0.15) is 0 Å². The van der Waals surface area contributed by atoms with Crippen molar-refractivity contribution in [1.82, 2.24) is 10.2 Å². The molecule has 1 saturated heterocycles. The largest absolute Gasteiger partial charge is 0.325 e. The number of unbranched alkanes of at least 4 members (excludes halogenated alkanes) is 4. The summed E-state index contributed by atoms with van der Waals surface area (Å²) in [7, 11) is 0. The maximum Gasteiger partial charge on any atom is 0.325 e. The van der Waals surface area contributed by atoms with Crippen LogP contribution < -0.4 is 10.6 Å². The van der Waals surface area contributed by atoms with Gasteiger partial charge in [0.2, 0.25) is 5.91 Å². The number of anilines is 1. The number of carbonyl (C=O) groups excluding carboxylic acids is 3. The predicted octanol–water partition coefficient (Wildman–Crippen LogP) is 4.37. The predicted molar refractivity (Wildman–Crippen MR) is 110 cm³/mol. The summed E-state index contributed by atoms with van der Waals surface area (Å²) in [6.07, 6.45) is 5.97. The Morgan fingerprint density at radius 2 is 1.93 bits per heavy atom. The van der Waals surface area contributed by atoms with E-state index >= 15 is 0 Å². The third-order valence-electron chi connectivity index (χ3n) is 4.83. The van der Waals surface area contributed by atoms with E-state index in [-0.39, 0.29) is 12.5 Å². The van der Waals surface area contributed by atoms with E-state index < -0.39 is 17.5 Å². The lowest BCUT2D eigenvalue weighted by Crippen LogP contribution is -2.44. The molecule has 1 aliphatic heterocycles. The molecule has 27 heavy (non-hydrogen) atoms. The molecule has 1 atom stereocenters. The van der Waals surface area contributed by atoms with Gasteiger partial charge in [0.15, 0.2) is 0 Å². The molecule has 2 N–H and O–H groups in total. The van der Waals surface area contributed by atoms with Crippen LogP contribution >= 0.6 is 15.9 Å². The number of aryl methyl sites for hydroxylation is 1. The zero-order valence-electron chi connectivity index (χ0n) is 16.2. The van der Waals surface area contributed by atoms with Gasteiger partial charge in [0.05, 0.1) is 5.69 Å². The number of hydrogen-bond acceptors (Lipinski definition) is 3. The lowest BCUT2D eigenvalue weighted by atomic mass is 9.94. The van der Waals surface area contributed by atoms with Crippen LogP contribution in [0.1, 0.15) is 57.9 Å². The van der Waals surface area contributed by atoms with Crippen molar-refractivity contribution in [2.45, 2.75) is 64.8 Å². The number of imide groups is 1. The van der Waals surface area contributed by atoms with E-state index in [2.05, 4.69) is 33.5 Å². The van der Waals surface area contributed by atoms with Gasteiger partial charge in [0, 0.05) is 4.47 Å². The molecule has 0 aliphatic carbocycles. The number of carbonyl (C=O) groups is 3. The van der Waals surface area contributed by atoms with Crippen molar-refractivity contribution in [1.29, 1.82) is 0 Å². The van der Waals surface area contributed by atoms with Crippen LogP contribution in [0, 0.1) is 6.92 Å². The quantitative estimate of drug-likeness (QED) is 0.444. The van der Waals surface area contributed by atoms with Crippen LogP contribution in [0.25, 0.3) is 0 Å². The van der Waals surface area contributed by atoms with Crippen molar-refractivity contribution in [2.75, 3.05) is 11.9 Å². The fraction of sp³-hybridized carbons (Fsp3) is 0.550. The van der Waals surface area contributed by atoms with Gasteiger partial charge in [-0.3, -0.25) is 14.5 Å². The van der Waals surface area contributed by atoms with Crippen molar-refractivity contribution in [3.8, 4) is 0 Å². The minimum atomic E-state index is -0.923. The molecule has 0 radical (unpaired) electrons. The van der Waals surface area contributed by atoms with Gasteiger partial charge in [-0.05, 0) is 53.9 Å². The fourth-order valence-electron chi connectivity index (χ4n) is 3.20. The first-order valence-electron chi connectivity index (χ1n) is 9.47. The molecule has 7 heteroatoms. The summed E-state index contributed by atoms with van der Waals surface area (Å²) < 4.78 is 0.755. The first kappa shape index (κ1) is 21.4. The molecule has 1 heterocycles. The molecule has 1 fully saturated rings. The van der Waals surface area contributed by atoms with E-state index in [1.165, 1.54) is 6.42 Å². The summed E-state index contributed by atoms with van der Waals surface area (Å²) in [5, 5.41) is 5.50. The van der Waals surface area contributed by atoms with Gasteiger partial charge in [0.25, 0.3) is 5.91 Å². The normalized spacial score (nSPS) is 19.3. The Bertz CT molecular complexity index is 722. The molecular weight excluding hydrogens is 410 g/mol. The molecule has 148 valence electrons. The van der Waals surface area contributed by atoms with Crippen molar-refractivity contribution in [2.24, 2.45) is 0 Å². The summed E-state index contributed by atoms with van der Waals surface area (Å²) in [5.74, 6) is -0.739. The molecule has 0 unspecified atom stereocenters. The Balaban J connectivity index is 1.93. The van der Waals surface area contributed by atoms with E-state index in [4.69, 9.17) is 0 Å². The second kappa shape index (κ2) is 9.35. The van der Waals surface area contributed by atoms with E-state index in [1.54, 1.807) is 13.0 Å². The standard InChI is InChI=1S/C20H28BrN3O3/c1-4-5-6-7-8-11-20(3)18(26)24(19(27)23-20)13-17(25)22-16-10-9-14(2)12-15(16)21/h9-10,12H,4-8,11,13H2,1-3H3,(H,22,25)(H,23,27)/t20-/m0/s1. The highest BCUT2D eigenvalue weighted by molar-refractivity contribution is 9.10. The van der Waals surface area contributed by atoms with E-state index in [9.17, 15) is 14.4 Å². The van der Waals surface area contributed by atoms with Crippen molar-refractivity contribution < 1.29 is 14.4 Å². The average molecular weight is 438 g/mol. The topological polar surface area (TPSA) is 78.5 Å². The van der Waals surface area contributed by atoms with Crippen LogP contribution in [0.3, 0.4) is 0 Å². The Morgan fingerprint density at radius 1 is 1.22 bits per heavy atom. The van der Waals surface area contributed by atoms with Crippen molar-refractivity contribution in [3.05, 3.63) is 28.2 Å². The highest BCUT2D eigenvalue weighted by Gasteiger charge is 2.47. The van der Waals surface area contributed by atoms with Gasteiger partial charge < -0.3 is 10.6 Å². The molecular formula is C20H28BrN3O3. The SMILES string of the molecule is CCCCCCC[C@]1(C)NC(=O)N(CC(=O)Nc2ccc(C)cc2Br)C1=O. The lowest BCUT2D eigenvalue weighted by Gasteiger charge is -2.21. The minimum absolute atomic E-state index is 0.295. The maximum absolute atomic E-state index is 12.7. The molecule has 6 nitrogen and oxygen atoms in total. The Kier molecular flexibility index (Phi) is 7.41. The van der Waals surface area contributed by atoms with Gasteiger partial charge >= 0.3 is 6.03 Å². The lowest BCUT2D eigenvalue weighted by molar-refractivity contribution is -0.133. The zero-order chi connectivity index (χ0) is 20.0. The number of nitrogens with one attached hydrogen (secondary N) is 2. The summed E-state index contributed by atoms with van der Waals surface area (Å²) in [6.45, 7) is 5.55. The molecule has 2 rings (SSSR count). The highest BCUT2D eigenvalue weighted by Crippen LogP contribution is 2.25. The number of amides is 4. The zero-order valence-corrected chi connectivity index (χ0v) is 17.8. The molecule has 4 amide bonds. The number of halogens is 1. The minimum Gasteiger partial charge on any atom is -0.323 e. The fourth-order valence-corrected chi connectivity index (χ4v) is 3.79. The van der Waals surface area contributed by atoms with E-state index in [0.29, 0.717) is 12.1 Å². The molecule has 0 spiro atoms. The van der Waals surface area contributed by atoms with Crippen LogP contribution in [0.15, 0.2) is 22.7 Å². The monoisotopic (exact) mass is 437 g/mol. The van der Waals surface area contributed by atoms with Gasteiger partial charge in [-0.15, -0.1) is 0 Å². The van der Waals surface area contributed by atoms with Crippen molar-refractivity contribution >= 4 is 39.5 Å². The van der Waals surface area contributed by atoms with Gasteiger partial charge in [-0.25, -0.2) is 4.79 Å². The van der Waals surface area contributed by atoms with E-state index in [1.807, 2.05) is 19.1 Å². The van der Waals surface area contributed by atoms with Crippen LogP contribution in [-0.2, 0) is 9.59 Å². The first-order chi connectivity index (χ1) is 12.8.